The van der Waals surface area contributed by atoms with Crippen molar-refractivity contribution in [3.8, 4) is 5.69 Å². The summed E-state index contributed by atoms with van der Waals surface area (Å²) in [5, 5.41) is 15.2. The van der Waals surface area contributed by atoms with Gasteiger partial charge in [-0.3, -0.25) is 9.69 Å². The Kier molecular flexibility index (Phi) is 9.49. The standard InChI is InChI=1S/C28H33ClN4O4/c1-36-28(37-2)27-25(26-19-31(20-35)13-4-14-32(26)15-16-34)18-30-33(27)24-6-3-5-22(17-24)8-7-21-9-11-23(29)12-10-21/h3,5-12,17-18,20,26,28,34H,4,13-16,19H2,1-2H3/b8-7+. The fourth-order valence-electron chi connectivity index (χ4n) is 4.76. The first-order valence-electron chi connectivity index (χ1n) is 12.3. The van der Waals surface area contributed by atoms with Crippen LogP contribution in [-0.2, 0) is 14.3 Å². The summed E-state index contributed by atoms with van der Waals surface area (Å²) < 4.78 is 13.2. The van der Waals surface area contributed by atoms with Crippen LogP contribution in [0.5, 0.6) is 0 Å². The number of carbonyl (C=O) groups is 1. The van der Waals surface area contributed by atoms with Crippen molar-refractivity contribution in [1.82, 2.24) is 19.6 Å². The van der Waals surface area contributed by atoms with Crippen LogP contribution in [-0.4, -0.2) is 78.1 Å². The minimum atomic E-state index is -0.672. The largest absolute Gasteiger partial charge is 0.395 e. The number of nitrogens with zero attached hydrogens (tertiary/aromatic N) is 4. The van der Waals surface area contributed by atoms with E-state index in [2.05, 4.69) is 4.90 Å². The van der Waals surface area contributed by atoms with E-state index >= 15 is 0 Å². The van der Waals surface area contributed by atoms with Crippen LogP contribution in [0.2, 0.25) is 5.02 Å². The number of hydrogen-bond donors (Lipinski definition) is 1. The number of aliphatic hydroxyl groups excluding tert-OH is 1. The van der Waals surface area contributed by atoms with Crippen LogP contribution in [0.4, 0.5) is 0 Å². The van der Waals surface area contributed by atoms with Crippen molar-refractivity contribution >= 4 is 30.2 Å². The summed E-state index contributed by atoms with van der Waals surface area (Å²) in [5.41, 5.74) is 4.56. The SMILES string of the molecule is COC(OC)c1c(C2CN(C=O)CCCN2CCO)cnn1-c1cccc(/C=C/c2ccc(Cl)cc2)c1. The molecule has 8 nitrogen and oxygen atoms in total. The summed E-state index contributed by atoms with van der Waals surface area (Å²) in [6, 6.07) is 15.5. The van der Waals surface area contributed by atoms with E-state index in [1.54, 1.807) is 19.1 Å². The molecule has 1 aliphatic heterocycles. The highest BCUT2D eigenvalue weighted by atomic mass is 35.5. The first-order valence-corrected chi connectivity index (χ1v) is 12.7. The van der Waals surface area contributed by atoms with E-state index in [1.807, 2.05) is 71.6 Å². The van der Waals surface area contributed by atoms with Gasteiger partial charge < -0.3 is 19.5 Å². The van der Waals surface area contributed by atoms with Gasteiger partial charge in [0.05, 0.1) is 24.5 Å². The quantitative estimate of drug-likeness (QED) is 0.243. The van der Waals surface area contributed by atoms with Crippen LogP contribution < -0.4 is 0 Å². The average molecular weight is 525 g/mol. The summed E-state index contributed by atoms with van der Waals surface area (Å²) in [5.74, 6) is 0. The molecule has 1 aliphatic rings. The zero-order valence-electron chi connectivity index (χ0n) is 21.2. The van der Waals surface area contributed by atoms with E-state index in [0.29, 0.717) is 24.7 Å². The Morgan fingerprint density at radius 1 is 1.11 bits per heavy atom. The minimum Gasteiger partial charge on any atom is -0.395 e. The summed E-state index contributed by atoms with van der Waals surface area (Å²) in [4.78, 5) is 15.7. The molecule has 1 saturated heterocycles. The molecule has 1 amide bonds. The molecule has 37 heavy (non-hydrogen) atoms. The smallest absolute Gasteiger partial charge is 0.209 e. The molecule has 9 heteroatoms. The molecule has 1 aromatic heterocycles. The van der Waals surface area contributed by atoms with E-state index in [1.165, 1.54) is 0 Å². The maximum Gasteiger partial charge on any atom is 0.209 e. The van der Waals surface area contributed by atoms with Crippen LogP contribution in [0, 0.1) is 0 Å². The van der Waals surface area contributed by atoms with Crippen LogP contribution in [0.15, 0.2) is 54.7 Å². The summed E-state index contributed by atoms with van der Waals surface area (Å²) in [7, 11) is 3.19. The van der Waals surface area contributed by atoms with Crippen LogP contribution in [0.3, 0.4) is 0 Å². The van der Waals surface area contributed by atoms with E-state index in [9.17, 15) is 9.90 Å². The van der Waals surface area contributed by atoms with Gasteiger partial charge in [0.25, 0.3) is 0 Å². The number of β-amino-alcohol motifs (C(OH)–C–C–N with tert-alkyl or cyclic N) is 1. The van der Waals surface area contributed by atoms with Crippen molar-refractivity contribution in [3.05, 3.63) is 82.1 Å². The third kappa shape index (κ3) is 6.47. The zero-order chi connectivity index (χ0) is 26.2. The summed E-state index contributed by atoms with van der Waals surface area (Å²) >= 11 is 6.00. The molecule has 1 N–H and O–H groups in total. The molecule has 0 radical (unpaired) electrons. The molecule has 0 spiro atoms. The Morgan fingerprint density at radius 3 is 2.57 bits per heavy atom. The molecule has 1 unspecified atom stereocenters. The first kappa shape index (κ1) is 27.0. The number of hydrogen-bond acceptors (Lipinski definition) is 6. The second-order valence-corrected chi connectivity index (χ2v) is 9.35. The number of rotatable bonds is 10. The number of benzene rings is 2. The number of methoxy groups -OCH3 is 2. The number of aromatic nitrogens is 2. The molecular weight excluding hydrogens is 492 g/mol. The lowest BCUT2D eigenvalue weighted by molar-refractivity contribution is -0.118. The topological polar surface area (TPSA) is 80.1 Å². The summed E-state index contributed by atoms with van der Waals surface area (Å²) in [6.45, 7) is 2.45. The zero-order valence-corrected chi connectivity index (χ0v) is 21.9. The Labute approximate surface area is 222 Å². The molecule has 0 saturated carbocycles. The number of amides is 1. The van der Waals surface area contributed by atoms with Crippen molar-refractivity contribution in [2.45, 2.75) is 18.8 Å². The molecule has 1 fully saturated rings. The minimum absolute atomic E-state index is 0.0288. The molecule has 4 rings (SSSR count). The number of aliphatic hydroxyl groups is 1. The maximum atomic E-state index is 11.7. The van der Waals surface area contributed by atoms with Gasteiger partial charge in [0, 0.05) is 51.0 Å². The van der Waals surface area contributed by atoms with Gasteiger partial charge >= 0.3 is 0 Å². The van der Waals surface area contributed by atoms with Crippen molar-refractivity contribution in [2.75, 3.05) is 47.0 Å². The highest BCUT2D eigenvalue weighted by Gasteiger charge is 2.32. The second-order valence-electron chi connectivity index (χ2n) is 8.91. The van der Waals surface area contributed by atoms with Gasteiger partial charge in [-0.1, -0.05) is 48.0 Å². The Balaban J connectivity index is 1.74. The van der Waals surface area contributed by atoms with Gasteiger partial charge in [0.2, 0.25) is 12.7 Å². The summed E-state index contributed by atoms with van der Waals surface area (Å²) in [6.07, 6.45) is 6.94. The van der Waals surface area contributed by atoms with E-state index in [-0.39, 0.29) is 12.6 Å². The highest BCUT2D eigenvalue weighted by Crippen LogP contribution is 2.33. The van der Waals surface area contributed by atoms with Crippen molar-refractivity contribution in [3.63, 3.8) is 0 Å². The monoisotopic (exact) mass is 524 g/mol. The number of halogens is 1. The van der Waals surface area contributed by atoms with Crippen molar-refractivity contribution < 1.29 is 19.4 Å². The predicted octanol–water partition coefficient (Wildman–Crippen LogP) is 4.19. The van der Waals surface area contributed by atoms with Gasteiger partial charge in [-0.05, 0) is 41.8 Å². The second kappa shape index (κ2) is 13.0. The molecule has 0 aliphatic carbocycles. The predicted molar refractivity (Wildman–Crippen MR) is 144 cm³/mol. The fourth-order valence-corrected chi connectivity index (χ4v) is 4.89. The molecule has 0 bridgehead atoms. The van der Waals surface area contributed by atoms with E-state index in [4.69, 9.17) is 26.2 Å². The van der Waals surface area contributed by atoms with Gasteiger partial charge in [0.1, 0.15) is 5.69 Å². The van der Waals surface area contributed by atoms with Crippen molar-refractivity contribution in [2.24, 2.45) is 0 Å². The third-order valence-corrected chi connectivity index (χ3v) is 6.83. The molecule has 2 heterocycles. The Hall–Kier alpha value is -3.01. The molecule has 1 atom stereocenters. The fraction of sp³-hybridized carbons (Fsp3) is 0.357. The Morgan fingerprint density at radius 2 is 1.86 bits per heavy atom. The lowest BCUT2D eigenvalue weighted by Crippen LogP contribution is -2.36. The van der Waals surface area contributed by atoms with Gasteiger partial charge in [-0.2, -0.15) is 5.10 Å². The maximum absolute atomic E-state index is 11.7. The number of ether oxygens (including phenoxy) is 2. The van der Waals surface area contributed by atoms with Crippen LogP contribution >= 0.6 is 11.6 Å². The Bertz CT molecular complexity index is 1190. The molecular formula is C28H33ClN4O4. The van der Waals surface area contributed by atoms with Gasteiger partial charge in [-0.25, -0.2) is 4.68 Å². The third-order valence-electron chi connectivity index (χ3n) is 6.57. The van der Waals surface area contributed by atoms with Gasteiger partial charge in [0.15, 0.2) is 0 Å². The van der Waals surface area contributed by atoms with Crippen molar-refractivity contribution in [1.29, 1.82) is 0 Å². The lowest BCUT2D eigenvalue weighted by Gasteiger charge is -2.31. The highest BCUT2D eigenvalue weighted by molar-refractivity contribution is 6.30. The van der Waals surface area contributed by atoms with E-state index < -0.39 is 6.29 Å². The van der Waals surface area contributed by atoms with E-state index in [0.717, 1.165) is 47.4 Å². The lowest BCUT2D eigenvalue weighted by atomic mass is 10.0. The molecule has 196 valence electrons. The normalized spacial score (nSPS) is 17.0. The molecule has 2 aromatic carbocycles. The van der Waals surface area contributed by atoms with Crippen LogP contribution in [0.1, 0.15) is 41.1 Å². The molecule has 3 aromatic rings. The first-order chi connectivity index (χ1) is 18.1. The average Bonchev–Trinajstić information content (AvgIpc) is 3.24. The number of carbonyl (C=O) groups excluding carboxylic acids is 1. The van der Waals surface area contributed by atoms with Gasteiger partial charge in [-0.15, -0.1) is 0 Å². The van der Waals surface area contributed by atoms with Crippen LogP contribution in [0.25, 0.3) is 17.8 Å².